The van der Waals surface area contributed by atoms with Gasteiger partial charge in [0.15, 0.2) is 5.96 Å². The van der Waals surface area contributed by atoms with Crippen LogP contribution in [-0.4, -0.2) is 29.0 Å². The Bertz CT molecular complexity index is 356. The van der Waals surface area contributed by atoms with Gasteiger partial charge in [0, 0.05) is 6.04 Å². The van der Waals surface area contributed by atoms with Crippen molar-refractivity contribution < 1.29 is 0 Å². The third-order valence-corrected chi connectivity index (χ3v) is 4.64. The van der Waals surface area contributed by atoms with Gasteiger partial charge in [-0.2, -0.15) is 0 Å². The normalized spacial score (nSPS) is 40.8. The van der Waals surface area contributed by atoms with Crippen LogP contribution >= 0.6 is 0 Å². The van der Waals surface area contributed by atoms with Crippen LogP contribution in [0.4, 0.5) is 0 Å². The standard InChI is InChI=1S/C14H25N3/c1-10-6-13(2,3)8-14(7-10)9-16-12(15)17(14)11-4-5-11/h10-11H,4-9H2,1-3H3,(H2,15,16). The van der Waals surface area contributed by atoms with E-state index in [0.29, 0.717) is 11.5 Å². The van der Waals surface area contributed by atoms with E-state index in [1.54, 1.807) is 0 Å². The molecule has 96 valence electrons. The molecular weight excluding hydrogens is 210 g/mol. The summed E-state index contributed by atoms with van der Waals surface area (Å²) in [5, 5.41) is 0. The van der Waals surface area contributed by atoms with Crippen molar-refractivity contribution in [3.05, 3.63) is 0 Å². The van der Waals surface area contributed by atoms with Crippen molar-refractivity contribution in [3.63, 3.8) is 0 Å². The molecule has 2 unspecified atom stereocenters. The molecule has 2 fully saturated rings. The molecule has 3 aliphatic rings. The topological polar surface area (TPSA) is 41.6 Å². The molecule has 17 heavy (non-hydrogen) atoms. The van der Waals surface area contributed by atoms with E-state index >= 15 is 0 Å². The van der Waals surface area contributed by atoms with Crippen LogP contribution in [0.15, 0.2) is 4.99 Å². The van der Waals surface area contributed by atoms with E-state index in [0.717, 1.165) is 18.4 Å². The van der Waals surface area contributed by atoms with E-state index in [-0.39, 0.29) is 5.54 Å². The zero-order valence-corrected chi connectivity index (χ0v) is 11.4. The van der Waals surface area contributed by atoms with Crippen molar-refractivity contribution in [1.82, 2.24) is 4.90 Å². The van der Waals surface area contributed by atoms with Crippen molar-refractivity contribution in [2.45, 2.75) is 64.5 Å². The Morgan fingerprint density at radius 3 is 2.59 bits per heavy atom. The molecule has 3 nitrogen and oxygen atoms in total. The van der Waals surface area contributed by atoms with Crippen molar-refractivity contribution in [2.75, 3.05) is 6.54 Å². The minimum absolute atomic E-state index is 0.256. The quantitative estimate of drug-likeness (QED) is 0.758. The van der Waals surface area contributed by atoms with Gasteiger partial charge in [-0.25, -0.2) is 0 Å². The Labute approximate surface area is 104 Å². The summed E-state index contributed by atoms with van der Waals surface area (Å²) in [6, 6.07) is 0.697. The van der Waals surface area contributed by atoms with E-state index in [9.17, 15) is 0 Å². The Balaban J connectivity index is 1.89. The summed E-state index contributed by atoms with van der Waals surface area (Å²) in [5.74, 6) is 1.61. The highest BCUT2D eigenvalue weighted by Gasteiger charge is 2.53. The van der Waals surface area contributed by atoms with E-state index in [1.807, 2.05) is 0 Å². The van der Waals surface area contributed by atoms with Gasteiger partial charge < -0.3 is 10.6 Å². The summed E-state index contributed by atoms with van der Waals surface area (Å²) in [7, 11) is 0. The SMILES string of the molecule is CC1CC(C)(C)CC2(CN=C(N)N2C2CC2)C1. The Morgan fingerprint density at radius 1 is 1.29 bits per heavy atom. The highest BCUT2D eigenvalue weighted by Crippen LogP contribution is 2.50. The van der Waals surface area contributed by atoms with E-state index in [2.05, 4.69) is 30.7 Å². The molecule has 1 spiro atoms. The lowest BCUT2D eigenvalue weighted by Crippen LogP contribution is -2.57. The third-order valence-electron chi connectivity index (χ3n) is 4.64. The highest BCUT2D eigenvalue weighted by atomic mass is 15.4. The van der Waals surface area contributed by atoms with Crippen LogP contribution in [0.25, 0.3) is 0 Å². The van der Waals surface area contributed by atoms with Crippen LogP contribution in [0.1, 0.15) is 52.9 Å². The lowest BCUT2D eigenvalue weighted by molar-refractivity contribution is 0.0344. The van der Waals surface area contributed by atoms with E-state index in [1.165, 1.54) is 32.1 Å². The summed E-state index contributed by atoms with van der Waals surface area (Å²) in [4.78, 5) is 7.07. The average Bonchev–Trinajstić information content (AvgIpc) is 2.92. The van der Waals surface area contributed by atoms with Gasteiger partial charge in [-0.15, -0.1) is 0 Å². The third kappa shape index (κ3) is 1.84. The molecule has 2 N–H and O–H groups in total. The fourth-order valence-electron chi connectivity index (χ4n) is 4.53. The molecule has 0 radical (unpaired) electrons. The van der Waals surface area contributed by atoms with Crippen molar-refractivity contribution in [1.29, 1.82) is 0 Å². The Kier molecular flexibility index (Phi) is 2.27. The molecular formula is C14H25N3. The molecule has 0 aromatic rings. The first kappa shape index (κ1) is 11.4. The minimum Gasteiger partial charge on any atom is -0.370 e. The number of rotatable bonds is 1. The van der Waals surface area contributed by atoms with Gasteiger partial charge in [0.25, 0.3) is 0 Å². The molecule has 0 aromatic carbocycles. The lowest BCUT2D eigenvalue weighted by atomic mass is 9.64. The largest absolute Gasteiger partial charge is 0.370 e. The number of aliphatic imine (C=N–C) groups is 1. The summed E-state index contributed by atoms with van der Waals surface area (Å²) in [5.41, 5.74) is 6.83. The lowest BCUT2D eigenvalue weighted by Gasteiger charge is -2.50. The molecule has 1 heterocycles. The van der Waals surface area contributed by atoms with Crippen LogP contribution in [0.3, 0.4) is 0 Å². The first-order valence-corrected chi connectivity index (χ1v) is 7.01. The fourth-order valence-corrected chi connectivity index (χ4v) is 4.53. The van der Waals surface area contributed by atoms with Gasteiger partial charge in [-0.3, -0.25) is 4.99 Å². The number of nitrogens with two attached hydrogens (primary N) is 1. The highest BCUT2D eigenvalue weighted by molar-refractivity contribution is 5.81. The molecule has 3 rings (SSSR count). The second-order valence-corrected chi connectivity index (χ2v) is 7.35. The maximum Gasteiger partial charge on any atom is 0.192 e. The molecule has 0 aromatic heterocycles. The number of hydrogen-bond acceptors (Lipinski definition) is 3. The summed E-state index contributed by atoms with van der Waals surface area (Å²) >= 11 is 0. The van der Waals surface area contributed by atoms with Gasteiger partial charge in [-0.1, -0.05) is 20.8 Å². The van der Waals surface area contributed by atoms with Crippen LogP contribution in [0, 0.1) is 11.3 Å². The molecule has 2 saturated carbocycles. The molecule has 2 atom stereocenters. The first-order valence-electron chi connectivity index (χ1n) is 7.01. The smallest absolute Gasteiger partial charge is 0.192 e. The average molecular weight is 235 g/mol. The molecule has 3 heteroatoms. The Morgan fingerprint density at radius 2 is 2.00 bits per heavy atom. The summed E-state index contributed by atoms with van der Waals surface area (Å²) < 4.78 is 0. The molecule has 0 saturated heterocycles. The minimum atomic E-state index is 0.256. The van der Waals surface area contributed by atoms with Crippen molar-refractivity contribution >= 4 is 5.96 Å². The zero-order valence-electron chi connectivity index (χ0n) is 11.4. The predicted molar refractivity (Wildman–Crippen MR) is 70.9 cm³/mol. The zero-order chi connectivity index (χ0) is 12.3. The number of nitrogens with zero attached hydrogens (tertiary/aromatic N) is 2. The fraction of sp³-hybridized carbons (Fsp3) is 0.929. The van der Waals surface area contributed by atoms with Gasteiger partial charge in [0.05, 0.1) is 12.1 Å². The van der Waals surface area contributed by atoms with Gasteiger partial charge >= 0.3 is 0 Å². The number of hydrogen-bond donors (Lipinski definition) is 1. The monoisotopic (exact) mass is 235 g/mol. The van der Waals surface area contributed by atoms with Gasteiger partial charge in [-0.05, 0) is 43.4 Å². The van der Waals surface area contributed by atoms with Crippen LogP contribution in [0.5, 0.6) is 0 Å². The maximum absolute atomic E-state index is 6.14. The van der Waals surface area contributed by atoms with Crippen LogP contribution in [0.2, 0.25) is 0 Å². The van der Waals surface area contributed by atoms with Crippen molar-refractivity contribution in [2.24, 2.45) is 22.1 Å². The predicted octanol–water partition coefficient (Wildman–Crippen LogP) is 2.36. The van der Waals surface area contributed by atoms with Crippen LogP contribution < -0.4 is 5.73 Å². The summed E-state index contributed by atoms with van der Waals surface area (Å²) in [6.45, 7) is 8.14. The van der Waals surface area contributed by atoms with E-state index in [4.69, 9.17) is 5.73 Å². The molecule has 0 bridgehead atoms. The van der Waals surface area contributed by atoms with E-state index < -0.39 is 0 Å². The molecule has 0 amide bonds. The molecule has 2 aliphatic carbocycles. The summed E-state index contributed by atoms with van der Waals surface area (Å²) in [6.07, 6.45) is 6.49. The molecule has 1 aliphatic heterocycles. The van der Waals surface area contributed by atoms with Crippen molar-refractivity contribution in [3.8, 4) is 0 Å². The van der Waals surface area contributed by atoms with Crippen LogP contribution in [-0.2, 0) is 0 Å². The second kappa shape index (κ2) is 3.39. The second-order valence-electron chi connectivity index (χ2n) is 7.35. The Hall–Kier alpha value is -0.730. The number of guanidine groups is 1. The van der Waals surface area contributed by atoms with Gasteiger partial charge in [0.1, 0.15) is 0 Å². The maximum atomic E-state index is 6.14. The van der Waals surface area contributed by atoms with Gasteiger partial charge in [0.2, 0.25) is 0 Å². The first-order chi connectivity index (χ1) is 7.92.